The highest BCUT2D eigenvalue weighted by atomic mass is 19.4. The van der Waals surface area contributed by atoms with Crippen LogP contribution in [0.2, 0.25) is 0 Å². The molecule has 0 saturated carbocycles. The Balaban J connectivity index is 3.64. The zero-order valence-electron chi connectivity index (χ0n) is 11.8. The van der Waals surface area contributed by atoms with Gasteiger partial charge in [0.2, 0.25) is 0 Å². The fraction of sp³-hybridized carbons (Fsp3) is 0.778. The number of halogens is 14. The first-order valence-electron chi connectivity index (χ1n) is 5.78. The van der Waals surface area contributed by atoms with Gasteiger partial charge in [-0.2, -0.15) is 61.5 Å². The summed E-state index contributed by atoms with van der Waals surface area (Å²) < 4.78 is 185. The molecule has 0 aromatic carbocycles. The van der Waals surface area contributed by atoms with Gasteiger partial charge in [0, 0.05) is 0 Å². The smallest absolute Gasteiger partial charge is 0.411 e. The summed E-state index contributed by atoms with van der Waals surface area (Å²) in [4.78, 5) is 20.8. The molecular weight excluding hydrogens is 454 g/mol. The van der Waals surface area contributed by atoms with Gasteiger partial charge in [-0.05, 0) is 0 Å². The molecule has 0 aromatic rings. The third kappa shape index (κ3) is 3.22. The van der Waals surface area contributed by atoms with Crippen molar-refractivity contribution in [3.8, 4) is 0 Å². The first-order valence-corrected chi connectivity index (χ1v) is 5.78. The lowest BCUT2D eigenvalue weighted by molar-refractivity contribution is -0.516. The molecule has 19 heteroatoms. The fourth-order valence-electron chi connectivity index (χ4n) is 1.48. The molecule has 1 fully saturated rings. The number of ether oxygens (including phenoxy) is 3. The largest absolute Gasteiger partial charge is 0.465 e. The third-order valence-electron chi connectivity index (χ3n) is 2.79. The van der Waals surface area contributed by atoms with Crippen molar-refractivity contribution in [1.29, 1.82) is 0 Å². The Morgan fingerprint density at radius 1 is 0.857 bits per heavy atom. The zero-order valence-corrected chi connectivity index (χ0v) is 11.8. The number of cyclic esters (lactones) is 1. The quantitative estimate of drug-likeness (QED) is 0.371. The lowest BCUT2D eigenvalue weighted by Crippen LogP contribution is -2.66. The lowest BCUT2D eigenvalue weighted by atomic mass is 10.2. The molecule has 0 amide bonds. The van der Waals surface area contributed by atoms with E-state index in [2.05, 4.69) is 9.47 Å². The van der Waals surface area contributed by atoms with E-state index in [1.165, 1.54) is 0 Å². The van der Waals surface area contributed by atoms with E-state index >= 15 is 0 Å². The summed E-state index contributed by atoms with van der Waals surface area (Å²) in [5, 5.41) is 0. The van der Waals surface area contributed by atoms with Gasteiger partial charge >= 0.3 is 54.1 Å². The number of carbonyl (C=O) groups excluding carboxylic acids is 2. The average Bonchev–Trinajstić information content (AvgIpc) is 2.71. The molecule has 0 spiro atoms. The highest BCUT2D eigenvalue weighted by Gasteiger charge is 2.89. The molecule has 0 bridgehead atoms. The van der Waals surface area contributed by atoms with Crippen LogP contribution >= 0.6 is 0 Å². The van der Waals surface area contributed by atoms with Crippen molar-refractivity contribution in [3.63, 3.8) is 0 Å². The van der Waals surface area contributed by atoms with Gasteiger partial charge in [-0.15, -0.1) is 0 Å². The van der Waals surface area contributed by atoms with Crippen molar-refractivity contribution < 1.29 is 85.3 Å². The molecule has 1 aliphatic heterocycles. The van der Waals surface area contributed by atoms with Crippen molar-refractivity contribution in [1.82, 2.24) is 0 Å². The highest BCUT2D eigenvalue weighted by molar-refractivity contribution is 5.81. The van der Waals surface area contributed by atoms with Gasteiger partial charge in [0.15, 0.2) is 0 Å². The second-order valence-corrected chi connectivity index (χ2v) is 4.68. The molecule has 1 rings (SSSR count). The molecule has 28 heavy (non-hydrogen) atoms. The summed E-state index contributed by atoms with van der Waals surface area (Å²) >= 11 is 0. The highest BCUT2D eigenvalue weighted by Crippen LogP contribution is 2.58. The van der Waals surface area contributed by atoms with Gasteiger partial charge in [-0.3, -0.25) is 14.3 Å². The molecule has 1 saturated heterocycles. The Kier molecular flexibility index (Phi) is 5.20. The minimum absolute atomic E-state index is 1.81. The second kappa shape index (κ2) is 6.04. The summed E-state index contributed by atoms with van der Waals surface area (Å²) in [6.07, 6.45) is -28.6. The monoisotopic (exact) mass is 454 g/mol. The molecule has 0 aromatic heterocycles. The Morgan fingerprint density at radius 3 is 1.54 bits per heavy atom. The normalized spacial score (nSPS) is 29.4. The minimum Gasteiger partial charge on any atom is -0.411 e. The Labute approximate surface area is 141 Å². The first kappa shape index (κ1) is 24.1. The average molecular weight is 454 g/mol. The Bertz CT molecular complexity index is 666. The molecule has 0 radical (unpaired) electrons. The van der Waals surface area contributed by atoms with Crippen LogP contribution in [0.1, 0.15) is 0 Å². The van der Waals surface area contributed by atoms with E-state index in [1.807, 2.05) is 4.74 Å². The van der Waals surface area contributed by atoms with Crippen LogP contribution in [0.4, 0.5) is 61.5 Å². The van der Waals surface area contributed by atoms with E-state index in [0.29, 0.717) is 0 Å². The van der Waals surface area contributed by atoms with Crippen LogP contribution in [0.5, 0.6) is 0 Å². The molecule has 0 aliphatic carbocycles. The summed E-state index contributed by atoms with van der Waals surface area (Å²) in [5.41, 5.74) is 0. The van der Waals surface area contributed by atoms with E-state index in [9.17, 15) is 71.1 Å². The number of rotatable bonds is 4. The predicted molar refractivity (Wildman–Crippen MR) is 47.9 cm³/mol. The fourth-order valence-corrected chi connectivity index (χ4v) is 1.48. The van der Waals surface area contributed by atoms with E-state index in [0.717, 1.165) is 0 Å². The number of esters is 1. The molecule has 0 N–H and O–H groups in total. The van der Waals surface area contributed by atoms with Crippen molar-refractivity contribution in [2.24, 2.45) is 0 Å². The van der Waals surface area contributed by atoms with Crippen LogP contribution < -0.4 is 0 Å². The van der Waals surface area contributed by atoms with Gasteiger partial charge < -0.3 is 4.74 Å². The lowest BCUT2D eigenvalue weighted by Gasteiger charge is -2.37. The van der Waals surface area contributed by atoms with E-state index in [1.54, 1.807) is 0 Å². The van der Waals surface area contributed by atoms with Gasteiger partial charge in [0.1, 0.15) is 0 Å². The number of hydrogen-bond donors (Lipinski definition) is 0. The molecule has 1 aliphatic rings. The van der Waals surface area contributed by atoms with E-state index in [-0.39, 0.29) is 0 Å². The van der Waals surface area contributed by atoms with Crippen molar-refractivity contribution >= 4 is 12.0 Å². The molecule has 5 nitrogen and oxygen atoms in total. The van der Waals surface area contributed by atoms with Gasteiger partial charge in [0.25, 0.3) is 0 Å². The standard InChI is InChI=1S/C9F14O5/c10-1(24)3(11,6(13,14)15)28-9(22,23)5(8(19,20)21)26-2(25)4(12,27-5)7(16,17)18. The number of hydrogen-bond acceptors (Lipinski definition) is 5. The minimum atomic E-state index is -7.30. The van der Waals surface area contributed by atoms with Gasteiger partial charge in [-0.25, -0.2) is 4.79 Å². The summed E-state index contributed by atoms with van der Waals surface area (Å²) in [6.45, 7) is 0. The van der Waals surface area contributed by atoms with Crippen LogP contribution in [-0.4, -0.2) is 54.1 Å². The van der Waals surface area contributed by atoms with Crippen molar-refractivity contribution in [2.45, 2.75) is 42.1 Å². The first-order chi connectivity index (χ1) is 12.0. The molecular formula is C9F14O5. The second-order valence-electron chi connectivity index (χ2n) is 4.68. The molecule has 1 heterocycles. The Hall–Kier alpha value is -1.92. The summed E-state index contributed by atoms with van der Waals surface area (Å²) in [6, 6.07) is -4.54. The number of carbonyl (C=O) groups is 2. The molecule has 164 valence electrons. The summed E-state index contributed by atoms with van der Waals surface area (Å²) in [5.74, 6) is -23.9. The zero-order chi connectivity index (χ0) is 22.8. The van der Waals surface area contributed by atoms with Crippen molar-refractivity contribution in [3.05, 3.63) is 0 Å². The Morgan fingerprint density at radius 2 is 1.29 bits per heavy atom. The van der Waals surface area contributed by atoms with E-state index < -0.39 is 54.1 Å². The van der Waals surface area contributed by atoms with Crippen molar-refractivity contribution in [2.75, 3.05) is 0 Å². The SMILES string of the molecule is O=C(F)C(F)(OC(F)(F)C1(C(F)(F)F)OC(=O)C(F)(C(F)(F)F)O1)C(F)(F)F. The molecule has 3 unspecified atom stereocenters. The van der Waals surface area contributed by atoms with Gasteiger partial charge in [0.05, 0.1) is 0 Å². The topological polar surface area (TPSA) is 61.8 Å². The maximum absolute atomic E-state index is 13.6. The van der Waals surface area contributed by atoms with E-state index in [4.69, 9.17) is 0 Å². The summed E-state index contributed by atoms with van der Waals surface area (Å²) in [7, 11) is 0. The predicted octanol–water partition coefficient (Wildman–Crippen LogP) is 3.38. The van der Waals surface area contributed by atoms with Gasteiger partial charge in [-0.1, -0.05) is 0 Å². The van der Waals surface area contributed by atoms with Crippen LogP contribution in [0.15, 0.2) is 0 Å². The molecule has 3 atom stereocenters. The number of alkyl halides is 13. The maximum atomic E-state index is 13.6. The van der Waals surface area contributed by atoms with Crippen LogP contribution in [-0.2, 0) is 23.8 Å². The third-order valence-corrected chi connectivity index (χ3v) is 2.79. The van der Waals surface area contributed by atoms with Crippen LogP contribution in [0.25, 0.3) is 0 Å². The van der Waals surface area contributed by atoms with Crippen LogP contribution in [0, 0.1) is 0 Å². The van der Waals surface area contributed by atoms with Crippen LogP contribution in [0.3, 0.4) is 0 Å². The maximum Gasteiger partial charge on any atom is 0.465 e.